The van der Waals surface area contributed by atoms with Crippen LogP contribution in [0.2, 0.25) is 0 Å². The van der Waals surface area contributed by atoms with E-state index in [9.17, 15) is 19.8 Å². The summed E-state index contributed by atoms with van der Waals surface area (Å²) in [5, 5.41) is 21.6. The first-order valence-electron chi connectivity index (χ1n) is 10.7. The molecule has 28 heavy (non-hydrogen) atoms. The molecule has 2 N–H and O–H groups in total. The average Bonchev–Trinajstić information content (AvgIpc) is 3.07. The van der Waals surface area contributed by atoms with Gasteiger partial charge in [0, 0.05) is 18.4 Å². The number of hydrogen-bond acceptors (Lipinski definition) is 5. The monoisotopic (exact) mass is 389 g/mol. The summed E-state index contributed by atoms with van der Waals surface area (Å²) in [7, 11) is 1.55. The minimum atomic E-state index is -1.97. The van der Waals surface area contributed by atoms with Crippen molar-refractivity contribution < 1.29 is 24.5 Å². The second kappa shape index (κ2) is 5.46. The van der Waals surface area contributed by atoms with Crippen LogP contribution in [0.1, 0.15) is 40.0 Å². The van der Waals surface area contributed by atoms with E-state index in [1.54, 1.807) is 7.05 Å². The van der Waals surface area contributed by atoms with Crippen LogP contribution in [-0.4, -0.2) is 58.4 Å². The van der Waals surface area contributed by atoms with Gasteiger partial charge in [0.1, 0.15) is 6.04 Å². The summed E-state index contributed by atoms with van der Waals surface area (Å²) in [5.41, 5.74) is -2.30. The summed E-state index contributed by atoms with van der Waals surface area (Å²) >= 11 is 0. The predicted molar refractivity (Wildman–Crippen MR) is 101 cm³/mol. The lowest BCUT2D eigenvalue weighted by Crippen LogP contribution is -2.58. The molecule has 5 rings (SSSR count). The molecule has 0 aromatic rings. The number of amides is 1. The van der Waals surface area contributed by atoms with E-state index in [4.69, 9.17) is 4.74 Å². The topological polar surface area (TPSA) is 87.1 Å². The lowest BCUT2D eigenvalue weighted by molar-refractivity contribution is -0.240. The van der Waals surface area contributed by atoms with Crippen molar-refractivity contribution in [1.82, 2.24) is 4.90 Å². The van der Waals surface area contributed by atoms with Crippen molar-refractivity contribution in [2.75, 3.05) is 13.7 Å². The minimum absolute atomic E-state index is 0.131. The number of allylic oxidation sites excluding steroid dienone is 2. The second-order valence-electron chi connectivity index (χ2n) is 10.2. The van der Waals surface area contributed by atoms with Gasteiger partial charge in [0.2, 0.25) is 11.7 Å². The molecule has 1 spiro atoms. The molecule has 0 aromatic carbocycles. The van der Waals surface area contributed by atoms with Crippen molar-refractivity contribution in [3.63, 3.8) is 0 Å². The molecule has 6 nitrogen and oxygen atoms in total. The van der Waals surface area contributed by atoms with Gasteiger partial charge in [-0.15, -0.1) is 0 Å². The zero-order valence-electron chi connectivity index (χ0n) is 17.1. The van der Waals surface area contributed by atoms with Gasteiger partial charge in [0.25, 0.3) is 0 Å². The van der Waals surface area contributed by atoms with E-state index in [2.05, 4.69) is 19.1 Å². The van der Waals surface area contributed by atoms with Crippen molar-refractivity contribution in [2.45, 2.75) is 58.0 Å². The Morgan fingerprint density at radius 1 is 1.25 bits per heavy atom. The third kappa shape index (κ3) is 1.70. The molecule has 154 valence electrons. The SMILES string of the molecule is C[C@H]1CC[C@H]2[C@@H](C=C[C@@H]3[C@H]4[C@H](C)O[C@]5(O)[C@@H](CO)N(C)C(=O)[C@]45C(=O)[C@@]32C)C1. The molecule has 2 aliphatic heterocycles. The lowest BCUT2D eigenvalue weighted by Gasteiger charge is -2.49. The predicted octanol–water partition coefficient (Wildman–Crippen LogP) is 1.36. The van der Waals surface area contributed by atoms with E-state index in [1.165, 1.54) is 4.90 Å². The molecule has 2 heterocycles. The van der Waals surface area contributed by atoms with Gasteiger partial charge >= 0.3 is 0 Å². The van der Waals surface area contributed by atoms with Crippen molar-refractivity contribution >= 4 is 11.7 Å². The zero-order chi connectivity index (χ0) is 20.2. The van der Waals surface area contributed by atoms with Crippen LogP contribution in [-0.2, 0) is 14.3 Å². The van der Waals surface area contributed by atoms with Crippen LogP contribution in [0.15, 0.2) is 12.2 Å². The fourth-order valence-electron chi connectivity index (χ4n) is 7.91. The van der Waals surface area contributed by atoms with Crippen molar-refractivity contribution in [2.24, 2.45) is 40.4 Å². The Hall–Kier alpha value is -1.24. The third-order valence-electron chi connectivity index (χ3n) is 9.11. The number of ketones is 1. The Morgan fingerprint density at radius 3 is 2.64 bits per heavy atom. The molecular weight excluding hydrogens is 358 g/mol. The molecule has 0 aromatic heterocycles. The number of aliphatic hydroxyl groups excluding tert-OH is 1. The highest BCUT2D eigenvalue weighted by atomic mass is 16.6. The molecule has 3 aliphatic carbocycles. The van der Waals surface area contributed by atoms with Crippen LogP contribution < -0.4 is 0 Å². The minimum Gasteiger partial charge on any atom is -0.394 e. The van der Waals surface area contributed by atoms with Gasteiger partial charge < -0.3 is 19.8 Å². The Morgan fingerprint density at radius 2 is 1.96 bits per heavy atom. The van der Waals surface area contributed by atoms with Gasteiger partial charge in [0.15, 0.2) is 11.2 Å². The van der Waals surface area contributed by atoms with E-state index in [0.29, 0.717) is 11.8 Å². The highest BCUT2D eigenvalue weighted by Crippen LogP contribution is 2.72. The molecule has 4 fully saturated rings. The van der Waals surface area contributed by atoms with E-state index >= 15 is 0 Å². The van der Waals surface area contributed by atoms with Gasteiger partial charge in [-0.3, -0.25) is 9.59 Å². The average molecular weight is 389 g/mol. The number of carbonyl (C=O) groups is 2. The van der Waals surface area contributed by atoms with Crippen LogP contribution in [0.3, 0.4) is 0 Å². The molecular formula is C22H31NO5. The van der Waals surface area contributed by atoms with Crippen molar-refractivity contribution in [3.05, 3.63) is 12.2 Å². The summed E-state index contributed by atoms with van der Waals surface area (Å²) in [6.07, 6.45) is 7.09. The maximum atomic E-state index is 14.2. The summed E-state index contributed by atoms with van der Waals surface area (Å²) in [5.74, 6) is -1.89. The first-order valence-corrected chi connectivity index (χ1v) is 10.7. The van der Waals surface area contributed by atoms with E-state index < -0.39 is 47.2 Å². The van der Waals surface area contributed by atoms with Crippen molar-refractivity contribution in [1.29, 1.82) is 0 Å². The first-order chi connectivity index (χ1) is 13.2. The number of carbonyl (C=O) groups excluding carboxylic acids is 2. The number of likely N-dealkylation sites (tertiary alicyclic amines) is 1. The summed E-state index contributed by atoms with van der Waals surface area (Å²) in [4.78, 5) is 29.1. The molecule has 1 amide bonds. The third-order valence-corrected chi connectivity index (χ3v) is 9.11. The largest absolute Gasteiger partial charge is 0.394 e. The molecule has 5 aliphatic rings. The van der Waals surface area contributed by atoms with E-state index in [-0.39, 0.29) is 17.6 Å². The molecule has 2 saturated heterocycles. The maximum Gasteiger partial charge on any atom is 0.242 e. The summed E-state index contributed by atoms with van der Waals surface area (Å²) < 4.78 is 5.97. The second-order valence-corrected chi connectivity index (χ2v) is 10.2. The number of hydrogen-bond donors (Lipinski definition) is 2. The van der Waals surface area contributed by atoms with Crippen LogP contribution in [0.25, 0.3) is 0 Å². The Kier molecular flexibility index (Phi) is 3.66. The smallest absolute Gasteiger partial charge is 0.242 e. The number of likely N-dealkylation sites (N-methyl/N-ethyl adjacent to an activating group) is 1. The van der Waals surface area contributed by atoms with E-state index in [0.717, 1.165) is 19.3 Å². The quantitative estimate of drug-likeness (QED) is 0.522. The lowest BCUT2D eigenvalue weighted by atomic mass is 9.55. The van der Waals surface area contributed by atoms with Gasteiger partial charge in [-0.05, 0) is 43.4 Å². The van der Waals surface area contributed by atoms with Crippen molar-refractivity contribution in [3.8, 4) is 0 Å². The normalized spacial score (nSPS) is 57.2. The summed E-state index contributed by atoms with van der Waals surface area (Å²) in [6, 6.07) is -0.925. The van der Waals surface area contributed by atoms with Gasteiger partial charge in [-0.25, -0.2) is 0 Å². The molecule has 0 radical (unpaired) electrons. The molecule has 2 saturated carbocycles. The van der Waals surface area contributed by atoms with Crippen LogP contribution in [0, 0.1) is 40.4 Å². The number of Topliss-reactive ketones (excluding diaryl/α,β-unsaturated/α-hetero) is 1. The molecule has 10 atom stereocenters. The fraction of sp³-hybridized carbons (Fsp3) is 0.818. The molecule has 0 bridgehead atoms. The summed E-state index contributed by atoms with van der Waals surface area (Å²) in [6.45, 7) is 5.70. The number of rotatable bonds is 1. The van der Waals surface area contributed by atoms with Gasteiger partial charge in [-0.2, -0.15) is 0 Å². The highest BCUT2D eigenvalue weighted by molar-refractivity contribution is 6.14. The van der Waals surface area contributed by atoms with Gasteiger partial charge in [0.05, 0.1) is 12.7 Å². The standard InChI is InChI=1S/C22H31NO5/c1-11-5-7-14-13(9-11)6-8-15-17-12(2)28-22(27)16(10-24)23(4)19(26)21(17,22)18(25)20(14,15)3/h6,8,11-17,24,27H,5,7,9-10H2,1-4H3/t11-,12-,13-,14-,15+,16+,17+,20+,21+,22+/m0/s1. The number of fused-ring (bicyclic) bond motifs is 4. The van der Waals surface area contributed by atoms with Crippen LogP contribution in [0.5, 0.6) is 0 Å². The number of nitrogens with zero attached hydrogens (tertiary/aromatic N) is 1. The van der Waals surface area contributed by atoms with Crippen LogP contribution in [0.4, 0.5) is 0 Å². The number of ether oxygens (including phenoxy) is 1. The highest BCUT2D eigenvalue weighted by Gasteiger charge is 2.87. The van der Waals surface area contributed by atoms with E-state index in [1.807, 2.05) is 13.8 Å². The number of aliphatic hydroxyl groups is 2. The molecule has 6 heteroatoms. The molecule has 0 unspecified atom stereocenters. The zero-order valence-corrected chi connectivity index (χ0v) is 17.1. The Balaban J connectivity index is 1.71. The maximum absolute atomic E-state index is 14.2. The fourth-order valence-corrected chi connectivity index (χ4v) is 7.91. The first kappa shape index (κ1) is 18.8. The Bertz CT molecular complexity index is 781. The van der Waals surface area contributed by atoms with Crippen LogP contribution >= 0.6 is 0 Å². The Labute approximate surface area is 165 Å². The van der Waals surface area contributed by atoms with Gasteiger partial charge in [-0.1, -0.05) is 32.4 Å².